The number of nitrogens with zero attached hydrogens (tertiary/aromatic N) is 1. The lowest BCUT2D eigenvalue weighted by Gasteiger charge is -2.43. The van der Waals surface area contributed by atoms with Crippen LogP contribution in [0, 0.1) is 5.92 Å². The van der Waals surface area contributed by atoms with Gasteiger partial charge in [0.1, 0.15) is 12.6 Å². The van der Waals surface area contributed by atoms with Gasteiger partial charge in [-0.2, -0.15) is 0 Å². The summed E-state index contributed by atoms with van der Waals surface area (Å²) in [5.41, 5.74) is -0.751. The Kier molecular flexibility index (Phi) is 3.83. The average molecular weight is 302 g/mol. The molecule has 2 aliphatic rings. The normalized spacial score (nSPS) is 35.0. The van der Waals surface area contributed by atoms with Crippen LogP contribution in [0.25, 0.3) is 0 Å². The molecule has 0 aromatic carbocycles. The molecule has 0 aromatic heterocycles. The molecule has 2 heterocycles. The molecule has 2 fully saturated rings. The molecule has 0 aliphatic carbocycles. The van der Waals surface area contributed by atoms with Crippen molar-refractivity contribution in [2.75, 3.05) is 18.1 Å². The molecule has 3 unspecified atom stereocenters. The van der Waals surface area contributed by atoms with E-state index in [0.29, 0.717) is 6.42 Å². The van der Waals surface area contributed by atoms with Gasteiger partial charge in [0.15, 0.2) is 9.84 Å². The van der Waals surface area contributed by atoms with Crippen LogP contribution in [0.4, 0.5) is 0 Å². The van der Waals surface area contributed by atoms with Gasteiger partial charge in [-0.15, -0.1) is 0 Å². The third-order valence-electron chi connectivity index (χ3n) is 4.50. The Balaban J connectivity index is 2.27. The molecule has 114 valence electrons. The SMILES string of the molecule is CCC(C)C1NC(=O)CN(C2(C)CCS(=O)(=O)C2)C1=O. The van der Waals surface area contributed by atoms with Crippen LogP contribution in [-0.2, 0) is 19.4 Å². The maximum Gasteiger partial charge on any atom is 0.246 e. The van der Waals surface area contributed by atoms with Crippen molar-refractivity contribution in [1.29, 1.82) is 0 Å². The van der Waals surface area contributed by atoms with E-state index in [1.807, 2.05) is 13.8 Å². The smallest absolute Gasteiger partial charge is 0.246 e. The van der Waals surface area contributed by atoms with Gasteiger partial charge in [0, 0.05) is 0 Å². The summed E-state index contributed by atoms with van der Waals surface area (Å²) in [6.07, 6.45) is 1.18. The molecule has 2 amide bonds. The van der Waals surface area contributed by atoms with Gasteiger partial charge in [0.25, 0.3) is 0 Å². The predicted molar refractivity (Wildman–Crippen MR) is 74.8 cm³/mol. The van der Waals surface area contributed by atoms with Crippen LogP contribution in [0.3, 0.4) is 0 Å². The summed E-state index contributed by atoms with van der Waals surface area (Å²) in [4.78, 5) is 25.9. The minimum absolute atomic E-state index is 0.0378. The Bertz CT molecular complexity index is 530. The molecule has 0 spiro atoms. The van der Waals surface area contributed by atoms with E-state index in [9.17, 15) is 18.0 Å². The number of piperazine rings is 1. The van der Waals surface area contributed by atoms with Crippen molar-refractivity contribution in [3.05, 3.63) is 0 Å². The predicted octanol–water partition coefficient (Wildman–Crippen LogP) is -0.0633. The van der Waals surface area contributed by atoms with E-state index >= 15 is 0 Å². The van der Waals surface area contributed by atoms with Gasteiger partial charge >= 0.3 is 0 Å². The van der Waals surface area contributed by atoms with Gasteiger partial charge in [-0.3, -0.25) is 9.59 Å². The number of nitrogens with one attached hydrogen (secondary N) is 1. The molecule has 20 heavy (non-hydrogen) atoms. The van der Waals surface area contributed by atoms with Crippen LogP contribution in [0.15, 0.2) is 0 Å². The van der Waals surface area contributed by atoms with Gasteiger partial charge in [-0.05, 0) is 19.3 Å². The third-order valence-corrected chi connectivity index (χ3v) is 6.39. The van der Waals surface area contributed by atoms with E-state index < -0.39 is 21.4 Å². The van der Waals surface area contributed by atoms with E-state index in [1.165, 1.54) is 4.90 Å². The molecule has 6 nitrogen and oxygen atoms in total. The first-order chi connectivity index (χ1) is 9.18. The van der Waals surface area contributed by atoms with Gasteiger partial charge in [-0.1, -0.05) is 20.3 Å². The molecule has 0 saturated carbocycles. The van der Waals surface area contributed by atoms with E-state index in [2.05, 4.69) is 5.32 Å². The Morgan fingerprint density at radius 3 is 2.60 bits per heavy atom. The van der Waals surface area contributed by atoms with Crippen LogP contribution < -0.4 is 5.32 Å². The standard InChI is InChI=1S/C13H22N2O4S/c1-4-9(2)11-12(17)15(7-10(16)14-11)13(3)5-6-20(18,19)8-13/h9,11H,4-8H2,1-3H3,(H,14,16). The first-order valence-corrected chi connectivity index (χ1v) is 8.82. The molecule has 0 bridgehead atoms. The summed E-state index contributed by atoms with van der Waals surface area (Å²) in [6, 6.07) is -0.540. The van der Waals surface area contributed by atoms with Gasteiger partial charge < -0.3 is 10.2 Å². The zero-order valence-electron chi connectivity index (χ0n) is 12.2. The minimum atomic E-state index is -3.11. The highest BCUT2D eigenvalue weighted by Crippen LogP contribution is 2.31. The van der Waals surface area contributed by atoms with Crippen LogP contribution in [0.5, 0.6) is 0 Å². The summed E-state index contributed by atoms with van der Waals surface area (Å²) in [7, 11) is -3.11. The largest absolute Gasteiger partial charge is 0.342 e. The fraction of sp³-hybridized carbons (Fsp3) is 0.846. The van der Waals surface area contributed by atoms with Crippen molar-refractivity contribution in [3.63, 3.8) is 0 Å². The first kappa shape index (κ1) is 15.3. The summed E-state index contributed by atoms with van der Waals surface area (Å²) in [5.74, 6) is -0.287. The van der Waals surface area contributed by atoms with Gasteiger partial charge in [-0.25, -0.2) is 8.42 Å². The lowest BCUT2D eigenvalue weighted by molar-refractivity contribution is -0.151. The molecule has 1 N–H and O–H groups in total. The second kappa shape index (κ2) is 5.02. The second-order valence-electron chi connectivity index (χ2n) is 6.19. The lowest BCUT2D eigenvalue weighted by atomic mass is 9.91. The maximum atomic E-state index is 12.6. The van der Waals surface area contributed by atoms with Crippen LogP contribution in [0.1, 0.15) is 33.6 Å². The number of hydrogen-bond acceptors (Lipinski definition) is 4. The van der Waals surface area contributed by atoms with Crippen LogP contribution >= 0.6 is 0 Å². The summed E-state index contributed by atoms with van der Waals surface area (Å²) in [5, 5.41) is 2.73. The average Bonchev–Trinajstić information content (AvgIpc) is 2.66. The van der Waals surface area contributed by atoms with Crippen molar-refractivity contribution >= 4 is 21.7 Å². The first-order valence-electron chi connectivity index (χ1n) is 7.00. The Hall–Kier alpha value is -1.11. The summed E-state index contributed by atoms with van der Waals surface area (Å²) in [6.45, 7) is 5.60. The summed E-state index contributed by atoms with van der Waals surface area (Å²) < 4.78 is 23.4. The molecule has 2 rings (SSSR count). The van der Waals surface area contributed by atoms with E-state index in [1.54, 1.807) is 6.92 Å². The quantitative estimate of drug-likeness (QED) is 0.791. The topological polar surface area (TPSA) is 83.6 Å². The highest BCUT2D eigenvalue weighted by molar-refractivity contribution is 7.91. The van der Waals surface area contributed by atoms with E-state index in [-0.39, 0.29) is 35.8 Å². The second-order valence-corrected chi connectivity index (χ2v) is 8.38. The third kappa shape index (κ3) is 2.68. The van der Waals surface area contributed by atoms with Crippen molar-refractivity contribution in [3.8, 4) is 0 Å². The molecular formula is C13H22N2O4S. The number of rotatable bonds is 3. The molecule has 3 atom stereocenters. The number of amides is 2. The highest BCUT2D eigenvalue weighted by Gasteiger charge is 2.49. The minimum Gasteiger partial charge on any atom is -0.342 e. The lowest BCUT2D eigenvalue weighted by Crippen LogP contribution is -2.66. The van der Waals surface area contributed by atoms with Crippen molar-refractivity contribution in [2.45, 2.75) is 45.2 Å². The molecule has 0 radical (unpaired) electrons. The fourth-order valence-electron chi connectivity index (χ4n) is 2.95. The molecular weight excluding hydrogens is 280 g/mol. The molecule has 2 saturated heterocycles. The van der Waals surface area contributed by atoms with E-state index in [0.717, 1.165) is 6.42 Å². The molecule has 0 aromatic rings. The van der Waals surface area contributed by atoms with E-state index in [4.69, 9.17) is 0 Å². The number of hydrogen-bond donors (Lipinski definition) is 1. The summed E-state index contributed by atoms with van der Waals surface area (Å²) >= 11 is 0. The zero-order chi connectivity index (χ0) is 15.1. The molecule has 7 heteroatoms. The van der Waals surface area contributed by atoms with Gasteiger partial charge in [0.05, 0.1) is 17.0 Å². The van der Waals surface area contributed by atoms with Gasteiger partial charge in [0.2, 0.25) is 11.8 Å². The van der Waals surface area contributed by atoms with Crippen LogP contribution in [0.2, 0.25) is 0 Å². The monoisotopic (exact) mass is 302 g/mol. The van der Waals surface area contributed by atoms with Crippen molar-refractivity contribution < 1.29 is 18.0 Å². The fourth-order valence-corrected chi connectivity index (χ4v) is 5.10. The maximum absolute atomic E-state index is 12.6. The number of sulfone groups is 1. The molecule has 2 aliphatic heterocycles. The van der Waals surface area contributed by atoms with Crippen LogP contribution in [-0.4, -0.2) is 54.8 Å². The van der Waals surface area contributed by atoms with Crippen molar-refractivity contribution in [1.82, 2.24) is 10.2 Å². The van der Waals surface area contributed by atoms with Crippen molar-refractivity contribution in [2.24, 2.45) is 5.92 Å². The Morgan fingerprint density at radius 2 is 2.10 bits per heavy atom. The Morgan fingerprint density at radius 1 is 1.45 bits per heavy atom. The zero-order valence-corrected chi connectivity index (χ0v) is 13.0. The number of carbonyl (C=O) groups excluding carboxylic acids is 2. The number of carbonyl (C=O) groups is 2. The Labute approximate surface area is 119 Å². The highest BCUT2D eigenvalue weighted by atomic mass is 32.2.